The first-order valence-corrected chi connectivity index (χ1v) is 5.19. The maximum Gasteiger partial charge on any atom is 0.122 e. The lowest BCUT2D eigenvalue weighted by Crippen LogP contribution is -2.30. The zero-order chi connectivity index (χ0) is 10.7. The van der Waals surface area contributed by atoms with Gasteiger partial charge in [-0.25, -0.2) is 0 Å². The minimum absolute atomic E-state index is 0.0922. The Balaban J connectivity index is 2.03. The summed E-state index contributed by atoms with van der Waals surface area (Å²) in [7, 11) is 0. The Morgan fingerprint density at radius 3 is 3.13 bits per heavy atom. The third-order valence-electron chi connectivity index (χ3n) is 2.68. The van der Waals surface area contributed by atoms with E-state index in [1.807, 2.05) is 24.3 Å². The van der Waals surface area contributed by atoms with E-state index in [2.05, 4.69) is 6.07 Å². The third-order valence-corrected chi connectivity index (χ3v) is 2.68. The highest BCUT2D eigenvalue weighted by atomic mass is 16.5. The van der Waals surface area contributed by atoms with Crippen LogP contribution < -0.4 is 10.5 Å². The van der Waals surface area contributed by atoms with E-state index in [9.17, 15) is 0 Å². The molecule has 0 aromatic heterocycles. The first-order valence-electron chi connectivity index (χ1n) is 5.19. The molecule has 2 atom stereocenters. The van der Waals surface area contributed by atoms with E-state index < -0.39 is 6.04 Å². The van der Waals surface area contributed by atoms with E-state index in [-0.39, 0.29) is 6.10 Å². The number of benzene rings is 1. The summed E-state index contributed by atoms with van der Waals surface area (Å²) < 4.78 is 5.77. The number of nitrogens with two attached hydrogens (primary N) is 1. The van der Waals surface area contributed by atoms with Crippen molar-refractivity contribution in [3.63, 3.8) is 0 Å². The average molecular weight is 202 g/mol. The van der Waals surface area contributed by atoms with Crippen LogP contribution in [0.15, 0.2) is 24.3 Å². The number of hydrogen-bond donors (Lipinski definition) is 1. The Morgan fingerprint density at radius 2 is 2.33 bits per heavy atom. The molecule has 0 amide bonds. The molecular formula is C12H14N2O. The lowest BCUT2D eigenvalue weighted by atomic mass is 9.98. The maximum atomic E-state index is 8.63. The van der Waals surface area contributed by atoms with Crippen LogP contribution >= 0.6 is 0 Å². The van der Waals surface area contributed by atoms with Gasteiger partial charge in [-0.1, -0.05) is 18.2 Å². The fourth-order valence-corrected chi connectivity index (χ4v) is 1.88. The molecule has 0 radical (unpaired) electrons. The Bertz CT molecular complexity index is 383. The van der Waals surface area contributed by atoms with Crippen molar-refractivity contribution in [1.29, 1.82) is 5.26 Å². The van der Waals surface area contributed by atoms with E-state index in [1.165, 1.54) is 5.56 Å². The van der Waals surface area contributed by atoms with Crippen LogP contribution in [0, 0.1) is 11.3 Å². The summed E-state index contributed by atoms with van der Waals surface area (Å²) in [5, 5.41) is 8.63. The van der Waals surface area contributed by atoms with Crippen molar-refractivity contribution >= 4 is 0 Å². The number of fused-ring (bicyclic) bond motifs is 1. The van der Waals surface area contributed by atoms with Crippen molar-refractivity contribution in [3.05, 3.63) is 29.8 Å². The van der Waals surface area contributed by atoms with Crippen LogP contribution in [-0.2, 0) is 6.42 Å². The summed E-state index contributed by atoms with van der Waals surface area (Å²) in [4.78, 5) is 0. The molecule has 2 unspecified atom stereocenters. The van der Waals surface area contributed by atoms with E-state index in [1.54, 1.807) is 0 Å². The normalized spacial score (nSPS) is 20.9. The largest absolute Gasteiger partial charge is 0.490 e. The molecule has 15 heavy (non-hydrogen) atoms. The second kappa shape index (κ2) is 4.33. The lowest BCUT2D eigenvalue weighted by Gasteiger charge is -2.26. The zero-order valence-corrected chi connectivity index (χ0v) is 8.52. The molecule has 2 rings (SSSR count). The minimum Gasteiger partial charge on any atom is -0.490 e. The van der Waals surface area contributed by atoms with E-state index in [0.29, 0.717) is 6.42 Å². The standard InChI is InChI=1S/C12H14N2O/c13-8-10(14)7-11-6-5-9-3-1-2-4-12(9)15-11/h1-4,10-11H,5-7,14H2. The van der Waals surface area contributed by atoms with Crippen molar-refractivity contribution in [2.24, 2.45) is 5.73 Å². The Kier molecular flexibility index (Phi) is 2.89. The topological polar surface area (TPSA) is 59.0 Å². The number of nitriles is 1. The van der Waals surface area contributed by atoms with Crippen molar-refractivity contribution in [2.75, 3.05) is 0 Å². The number of nitrogens with zero attached hydrogens (tertiary/aromatic N) is 1. The smallest absolute Gasteiger partial charge is 0.122 e. The van der Waals surface area contributed by atoms with Crippen LogP contribution in [0.4, 0.5) is 0 Å². The Hall–Kier alpha value is -1.53. The molecule has 78 valence electrons. The molecule has 0 saturated heterocycles. The summed E-state index contributed by atoms with van der Waals surface area (Å²) >= 11 is 0. The number of aryl methyl sites for hydroxylation is 1. The van der Waals surface area contributed by atoms with E-state index >= 15 is 0 Å². The van der Waals surface area contributed by atoms with Gasteiger partial charge >= 0.3 is 0 Å². The highest BCUT2D eigenvalue weighted by Crippen LogP contribution is 2.28. The van der Waals surface area contributed by atoms with Crippen LogP contribution in [0.5, 0.6) is 5.75 Å². The summed E-state index contributed by atoms with van der Waals surface area (Å²) in [6.45, 7) is 0. The van der Waals surface area contributed by atoms with Crippen LogP contribution in [-0.4, -0.2) is 12.1 Å². The molecule has 0 saturated carbocycles. The third kappa shape index (κ3) is 2.28. The number of rotatable bonds is 2. The molecule has 3 nitrogen and oxygen atoms in total. The monoisotopic (exact) mass is 202 g/mol. The number of hydrogen-bond acceptors (Lipinski definition) is 3. The van der Waals surface area contributed by atoms with Gasteiger partial charge in [0.25, 0.3) is 0 Å². The predicted molar refractivity (Wildman–Crippen MR) is 57.4 cm³/mol. The first kappa shape index (κ1) is 10.0. The highest BCUT2D eigenvalue weighted by molar-refractivity contribution is 5.35. The average Bonchev–Trinajstić information content (AvgIpc) is 2.29. The van der Waals surface area contributed by atoms with Gasteiger partial charge in [-0.3, -0.25) is 0 Å². The van der Waals surface area contributed by atoms with Gasteiger partial charge < -0.3 is 10.5 Å². The molecular weight excluding hydrogens is 188 g/mol. The molecule has 0 fully saturated rings. The molecule has 2 N–H and O–H groups in total. The fraction of sp³-hybridized carbons (Fsp3) is 0.417. The first-order chi connectivity index (χ1) is 7.29. The minimum atomic E-state index is -0.416. The van der Waals surface area contributed by atoms with E-state index in [0.717, 1.165) is 18.6 Å². The molecule has 0 aliphatic carbocycles. The Labute approximate surface area is 89.5 Å². The molecule has 1 aliphatic rings. The summed E-state index contributed by atoms with van der Waals surface area (Å²) in [5.74, 6) is 0.943. The van der Waals surface area contributed by atoms with Gasteiger partial charge in [0.05, 0.1) is 12.1 Å². The Morgan fingerprint density at radius 1 is 1.53 bits per heavy atom. The van der Waals surface area contributed by atoms with Gasteiger partial charge in [0.1, 0.15) is 11.9 Å². The van der Waals surface area contributed by atoms with Gasteiger partial charge in [-0.15, -0.1) is 0 Å². The highest BCUT2D eigenvalue weighted by Gasteiger charge is 2.21. The van der Waals surface area contributed by atoms with E-state index in [4.69, 9.17) is 15.7 Å². The van der Waals surface area contributed by atoms with Gasteiger partial charge in [-0.05, 0) is 24.5 Å². The van der Waals surface area contributed by atoms with Crippen molar-refractivity contribution in [2.45, 2.75) is 31.4 Å². The number of para-hydroxylation sites is 1. The van der Waals surface area contributed by atoms with Gasteiger partial charge in [0.2, 0.25) is 0 Å². The van der Waals surface area contributed by atoms with Crippen molar-refractivity contribution < 1.29 is 4.74 Å². The zero-order valence-electron chi connectivity index (χ0n) is 8.52. The lowest BCUT2D eigenvalue weighted by molar-refractivity contribution is 0.161. The summed E-state index contributed by atoms with van der Waals surface area (Å²) in [5.41, 5.74) is 6.83. The van der Waals surface area contributed by atoms with Gasteiger partial charge in [-0.2, -0.15) is 5.26 Å². The van der Waals surface area contributed by atoms with Crippen LogP contribution in [0.1, 0.15) is 18.4 Å². The van der Waals surface area contributed by atoms with Crippen LogP contribution in [0.3, 0.4) is 0 Å². The number of ether oxygens (including phenoxy) is 1. The molecule has 3 heteroatoms. The van der Waals surface area contributed by atoms with Crippen molar-refractivity contribution in [1.82, 2.24) is 0 Å². The quantitative estimate of drug-likeness (QED) is 0.792. The molecule has 1 aliphatic heterocycles. The van der Waals surface area contributed by atoms with Gasteiger partial charge in [0.15, 0.2) is 0 Å². The van der Waals surface area contributed by atoms with Crippen molar-refractivity contribution in [3.8, 4) is 11.8 Å². The fourth-order valence-electron chi connectivity index (χ4n) is 1.88. The van der Waals surface area contributed by atoms with Crippen LogP contribution in [0.2, 0.25) is 0 Å². The molecule has 0 spiro atoms. The molecule has 1 aromatic carbocycles. The summed E-state index contributed by atoms with van der Waals surface area (Å²) in [6, 6.07) is 9.65. The van der Waals surface area contributed by atoms with Gasteiger partial charge in [0, 0.05) is 6.42 Å². The molecule has 0 bridgehead atoms. The second-order valence-corrected chi connectivity index (χ2v) is 3.86. The van der Waals surface area contributed by atoms with Crippen LogP contribution in [0.25, 0.3) is 0 Å². The maximum absolute atomic E-state index is 8.63. The molecule has 1 aromatic rings. The predicted octanol–water partition coefficient (Wildman–Crippen LogP) is 1.62. The molecule has 1 heterocycles. The SMILES string of the molecule is N#CC(N)CC1CCc2ccccc2O1. The second-order valence-electron chi connectivity index (χ2n) is 3.86. The summed E-state index contributed by atoms with van der Waals surface area (Å²) in [6.07, 6.45) is 2.67.